The van der Waals surface area contributed by atoms with Crippen molar-refractivity contribution in [3.05, 3.63) is 65.7 Å². The lowest BCUT2D eigenvalue weighted by Gasteiger charge is -2.26. The van der Waals surface area contributed by atoms with Gasteiger partial charge in [-0.05, 0) is 36.8 Å². The first-order chi connectivity index (χ1) is 13.4. The molecule has 2 aromatic rings. The van der Waals surface area contributed by atoms with Crippen LogP contribution in [0.1, 0.15) is 29.8 Å². The Labute approximate surface area is 164 Å². The Bertz CT molecular complexity index is 806. The van der Waals surface area contributed by atoms with E-state index in [1.54, 1.807) is 36.1 Å². The molecule has 0 aliphatic heterocycles. The predicted molar refractivity (Wildman–Crippen MR) is 107 cm³/mol. The molecule has 2 amide bonds. The molecule has 0 aliphatic carbocycles. The molecule has 1 atom stereocenters. The van der Waals surface area contributed by atoms with Gasteiger partial charge in [-0.25, -0.2) is 0 Å². The van der Waals surface area contributed by atoms with Gasteiger partial charge in [-0.1, -0.05) is 30.3 Å². The van der Waals surface area contributed by atoms with Crippen LogP contribution in [0.5, 0.6) is 0 Å². The number of nitrogens with zero attached hydrogens (tertiary/aromatic N) is 1. The molecule has 0 saturated carbocycles. The molecule has 0 aromatic heterocycles. The lowest BCUT2D eigenvalue weighted by Crippen LogP contribution is -2.42. The van der Waals surface area contributed by atoms with Crippen molar-refractivity contribution in [3.8, 4) is 0 Å². The van der Waals surface area contributed by atoms with E-state index in [0.29, 0.717) is 25.2 Å². The van der Waals surface area contributed by atoms with Crippen LogP contribution in [-0.4, -0.2) is 46.9 Å². The van der Waals surface area contributed by atoms with Crippen LogP contribution in [0.15, 0.2) is 54.6 Å². The van der Waals surface area contributed by atoms with Gasteiger partial charge in [-0.2, -0.15) is 0 Å². The zero-order valence-corrected chi connectivity index (χ0v) is 16.0. The molecular formula is C21H25N3O4. The van der Waals surface area contributed by atoms with Gasteiger partial charge >= 0.3 is 5.97 Å². The van der Waals surface area contributed by atoms with Crippen molar-refractivity contribution < 1.29 is 19.5 Å². The van der Waals surface area contributed by atoms with Gasteiger partial charge in [-0.3, -0.25) is 19.3 Å². The molecule has 7 heteroatoms. The molecule has 2 rings (SSSR count). The summed E-state index contributed by atoms with van der Waals surface area (Å²) < 4.78 is 0. The van der Waals surface area contributed by atoms with Crippen LogP contribution in [0.25, 0.3) is 0 Å². The number of nitrogens with one attached hydrogen (secondary N) is 2. The summed E-state index contributed by atoms with van der Waals surface area (Å²) >= 11 is 0. The van der Waals surface area contributed by atoms with Gasteiger partial charge in [0.15, 0.2) is 0 Å². The van der Waals surface area contributed by atoms with Crippen LogP contribution >= 0.6 is 0 Å². The number of carboxylic acid groups (broad SMARTS) is 1. The maximum Gasteiger partial charge on any atom is 0.320 e. The fourth-order valence-electron chi connectivity index (χ4n) is 2.66. The van der Waals surface area contributed by atoms with E-state index in [0.717, 1.165) is 11.3 Å². The third-order valence-corrected chi connectivity index (χ3v) is 4.31. The van der Waals surface area contributed by atoms with Crippen LogP contribution in [-0.2, 0) is 16.1 Å². The van der Waals surface area contributed by atoms with Crippen LogP contribution in [0, 0.1) is 0 Å². The molecule has 0 fully saturated rings. The van der Waals surface area contributed by atoms with Gasteiger partial charge in [0.05, 0.1) is 0 Å². The van der Waals surface area contributed by atoms with Crippen molar-refractivity contribution in [3.63, 3.8) is 0 Å². The Morgan fingerprint density at radius 2 is 1.68 bits per heavy atom. The van der Waals surface area contributed by atoms with E-state index < -0.39 is 12.0 Å². The van der Waals surface area contributed by atoms with Crippen molar-refractivity contribution in [1.29, 1.82) is 0 Å². The maximum atomic E-state index is 12.3. The lowest BCUT2D eigenvalue weighted by atomic mass is 10.1. The Morgan fingerprint density at radius 3 is 2.25 bits per heavy atom. The SMILES string of the molecule is CC(=O)NCCN(Cc1ccc(C(=O)Nc2ccccc2)cc1)C(C)C(=O)O. The molecular weight excluding hydrogens is 358 g/mol. The molecule has 148 valence electrons. The summed E-state index contributed by atoms with van der Waals surface area (Å²) in [5.74, 6) is -1.29. The zero-order chi connectivity index (χ0) is 20.5. The van der Waals surface area contributed by atoms with E-state index in [4.69, 9.17) is 0 Å². The topological polar surface area (TPSA) is 98.7 Å². The minimum Gasteiger partial charge on any atom is -0.480 e. The van der Waals surface area contributed by atoms with E-state index >= 15 is 0 Å². The van der Waals surface area contributed by atoms with E-state index in [-0.39, 0.29) is 11.8 Å². The second kappa shape index (κ2) is 10.2. The second-order valence-electron chi connectivity index (χ2n) is 6.48. The molecule has 0 saturated heterocycles. The van der Waals surface area contributed by atoms with E-state index in [2.05, 4.69) is 10.6 Å². The van der Waals surface area contributed by atoms with Gasteiger partial charge in [0.25, 0.3) is 5.91 Å². The minimum atomic E-state index is -0.929. The fourth-order valence-corrected chi connectivity index (χ4v) is 2.66. The maximum absolute atomic E-state index is 12.3. The Hall–Kier alpha value is -3.19. The first-order valence-corrected chi connectivity index (χ1v) is 9.03. The number of amides is 2. The quantitative estimate of drug-likeness (QED) is 0.617. The summed E-state index contributed by atoms with van der Waals surface area (Å²) in [6, 6.07) is 15.5. The van der Waals surface area contributed by atoms with Crippen LogP contribution in [0.4, 0.5) is 5.69 Å². The highest BCUT2D eigenvalue weighted by Crippen LogP contribution is 2.13. The highest BCUT2D eigenvalue weighted by atomic mass is 16.4. The second-order valence-corrected chi connectivity index (χ2v) is 6.48. The zero-order valence-electron chi connectivity index (χ0n) is 16.0. The van der Waals surface area contributed by atoms with Crippen molar-refractivity contribution >= 4 is 23.5 Å². The van der Waals surface area contributed by atoms with Crippen molar-refractivity contribution in [2.24, 2.45) is 0 Å². The number of para-hydroxylation sites is 1. The number of rotatable bonds is 9. The standard InChI is InChI=1S/C21H25N3O4/c1-15(21(27)28)24(13-12-22-16(2)25)14-17-8-10-18(11-9-17)20(26)23-19-6-4-3-5-7-19/h3-11,15H,12-14H2,1-2H3,(H,22,25)(H,23,26)(H,27,28). The van der Waals surface area contributed by atoms with Gasteiger partial charge in [-0.15, -0.1) is 0 Å². The molecule has 0 radical (unpaired) electrons. The predicted octanol–water partition coefficient (Wildman–Crippen LogP) is 2.35. The number of anilines is 1. The first kappa shape index (κ1) is 21.1. The summed E-state index contributed by atoms with van der Waals surface area (Å²) in [6.45, 7) is 4.20. The van der Waals surface area contributed by atoms with Crippen molar-refractivity contribution in [2.75, 3.05) is 18.4 Å². The number of hydrogen-bond donors (Lipinski definition) is 3. The van der Waals surface area contributed by atoms with Crippen LogP contribution in [0.3, 0.4) is 0 Å². The van der Waals surface area contributed by atoms with Crippen molar-refractivity contribution in [2.45, 2.75) is 26.4 Å². The van der Waals surface area contributed by atoms with Crippen LogP contribution in [0.2, 0.25) is 0 Å². The van der Waals surface area contributed by atoms with Gasteiger partial charge in [0.2, 0.25) is 5.91 Å². The molecule has 0 spiro atoms. The summed E-state index contributed by atoms with van der Waals surface area (Å²) in [7, 11) is 0. The average Bonchev–Trinajstić information content (AvgIpc) is 2.67. The third-order valence-electron chi connectivity index (χ3n) is 4.31. The highest BCUT2D eigenvalue weighted by molar-refractivity contribution is 6.04. The Kier molecular flexibility index (Phi) is 7.71. The van der Waals surface area contributed by atoms with Crippen LogP contribution < -0.4 is 10.6 Å². The van der Waals surface area contributed by atoms with Crippen molar-refractivity contribution in [1.82, 2.24) is 10.2 Å². The smallest absolute Gasteiger partial charge is 0.320 e. The first-order valence-electron chi connectivity index (χ1n) is 9.03. The molecule has 7 nitrogen and oxygen atoms in total. The fraction of sp³-hybridized carbons (Fsp3) is 0.286. The molecule has 1 unspecified atom stereocenters. The summed E-state index contributed by atoms with van der Waals surface area (Å²) in [4.78, 5) is 36.5. The molecule has 2 aromatic carbocycles. The lowest BCUT2D eigenvalue weighted by molar-refractivity contribution is -0.142. The number of carbonyl (C=O) groups is 3. The van der Waals surface area contributed by atoms with E-state index in [1.165, 1.54) is 6.92 Å². The number of aliphatic carboxylic acids is 1. The van der Waals surface area contributed by atoms with Gasteiger partial charge in [0, 0.05) is 37.8 Å². The summed E-state index contributed by atoms with van der Waals surface area (Å²) in [6.07, 6.45) is 0. The monoisotopic (exact) mass is 383 g/mol. The normalized spacial score (nSPS) is 11.7. The number of carboxylic acids is 1. The molecule has 0 aliphatic rings. The highest BCUT2D eigenvalue weighted by Gasteiger charge is 2.20. The molecule has 0 heterocycles. The minimum absolute atomic E-state index is 0.156. The van der Waals surface area contributed by atoms with Gasteiger partial charge < -0.3 is 15.7 Å². The van der Waals surface area contributed by atoms with E-state index in [1.807, 2.05) is 30.3 Å². The number of carbonyl (C=O) groups excluding carboxylic acids is 2. The summed E-state index contributed by atoms with van der Waals surface area (Å²) in [5, 5.41) is 14.8. The molecule has 0 bridgehead atoms. The third kappa shape index (κ3) is 6.51. The molecule has 28 heavy (non-hydrogen) atoms. The van der Waals surface area contributed by atoms with E-state index in [9.17, 15) is 19.5 Å². The Balaban J connectivity index is 2.01. The number of hydrogen-bond acceptors (Lipinski definition) is 4. The largest absolute Gasteiger partial charge is 0.480 e. The molecule has 3 N–H and O–H groups in total. The van der Waals surface area contributed by atoms with Gasteiger partial charge in [0.1, 0.15) is 6.04 Å². The Morgan fingerprint density at radius 1 is 1.04 bits per heavy atom. The summed E-state index contributed by atoms with van der Waals surface area (Å²) in [5.41, 5.74) is 2.12. The number of benzene rings is 2. The average molecular weight is 383 g/mol.